The molecular formula is C25H25ClN2O6S. The number of aryl methyl sites for hydroxylation is 1. The monoisotopic (exact) mass is 516 g/mol. The van der Waals surface area contributed by atoms with E-state index < -0.39 is 27.2 Å². The van der Waals surface area contributed by atoms with E-state index in [0.29, 0.717) is 12.2 Å². The van der Waals surface area contributed by atoms with Crippen LogP contribution in [0, 0.1) is 10.1 Å². The number of unbranched alkanes of at least 4 members (excludes halogenated alkanes) is 1. The summed E-state index contributed by atoms with van der Waals surface area (Å²) in [6.07, 6.45) is 2.42. The number of Topliss-reactive ketones (excluding diaryl/α,β-unsaturated/α-hetero) is 1. The molecule has 0 spiro atoms. The first-order valence-electron chi connectivity index (χ1n) is 10.9. The number of halogens is 1. The molecule has 8 nitrogen and oxygen atoms in total. The van der Waals surface area contributed by atoms with Crippen LogP contribution in [-0.4, -0.2) is 32.8 Å². The van der Waals surface area contributed by atoms with Crippen LogP contribution in [0.5, 0.6) is 5.75 Å². The third-order valence-corrected chi connectivity index (χ3v) is 7.49. The lowest BCUT2D eigenvalue weighted by Gasteiger charge is -2.24. The molecule has 3 rings (SSSR count). The maximum absolute atomic E-state index is 13.5. The number of hydrogen-bond donors (Lipinski definition) is 0. The van der Waals surface area contributed by atoms with Gasteiger partial charge < -0.3 is 4.74 Å². The number of benzene rings is 3. The molecule has 0 N–H and O–H groups in total. The first-order valence-corrected chi connectivity index (χ1v) is 12.7. The van der Waals surface area contributed by atoms with E-state index in [9.17, 15) is 23.3 Å². The van der Waals surface area contributed by atoms with Gasteiger partial charge in [-0.2, -0.15) is 0 Å². The number of nitrogens with zero attached hydrogens (tertiary/aromatic N) is 2. The molecular weight excluding hydrogens is 492 g/mol. The highest BCUT2D eigenvalue weighted by molar-refractivity contribution is 7.92. The van der Waals surface area contributed by atoms with Gasteiger partial charge in [0.1, 0.15) is 10.8 Å². The highest BCUT2D eigenvalue weighted by Gasteiger charge is 2.29. The Morgan fingerprint density at radius 2 is 1.71 bits per heavy atom. The van der Waals surface area contributed by atoms with Gasteiger partial charge in [0.2, 0.25) is 0 Å². The predicted molar refractivity (Wildman–Crippen MR) is 135 cm³/mol. The minimum Gasteiger partial charge on any atom is -0.497 e. The number of carbonyl (C=O) groups is 1. The molecule has 0 amide bonds. The molecule has 3 aromatic carbocycles. The zero-order valence-corrected chi connectivity index (χ0v) is 20.7. The molecule has 184 valence electrons. The van der Waals surface area contributed by atoms with Gasteiger partial charge in [-0.25, -0.2) is 8.42 Å². The number of hydrogen-bond acceptors (Lipinski definition) is 6. The van der Waals surface area contributed by atoms with Crippen LogP contribution in [0.3, 0.4) is 0 Å². The molecule has 35 heavy (non-hydrogen) atoms. The van der Waals surface area contributed by atoms with E-state index in [4.69, 9.17) is 16.3 Å². The molecule has 0 atom stereocenters. The number of ether oxygens (including phenoxy) is 1. The summed E-state index contributed by atoms with van der Waals surface area (Å²) in [7, 11) is -2.83. The second kappa shape index (κ2) is 11.8. The van der Waals surface area contributed by atoms with Crippen molar-refractivity contribution >= 4 is 38.8 Å². The van der Waals surface area contributed by atoms with Gasteiger partial charge in [0, 0.05) is 12.5 Å². The molecule has 0 aliphatic heterocycles. The lowest BCUT2D eigenvalue weighted by molar-refractivity contribution is -0.384. The smallest absolute Gasteiger partial charge is 0.289 e. The molecule has 0 radical (unpaired) electrons. The Hall–Kier alpha value is -3.43. The fraction of sp³-hybridized carbons (Fsp3) is 0.240. The standard InChI is InChI=1S/C25H25ClN2O6S/c1-34-22-13-11-20(12-14-22)27(18-21(29)10-6-5-9-19-7-3-2-4-8-19)35(32,33)23-15-16-24(26)25(17-23)28(30)31/h2-4,7-8,11-17H,5-6,9-10,18H2,1H3. The van der Waals surface area contributed by atoms with E-state index in [0.717, 1.165) is 29.3 Å². The zero-order chi connectivity index (χ0) is 25.4. The summed E-state index contributed by atoms with van der Waals surface area (Å²) < 4.78 is 33.1. The highest BCUT2D eigenvalue weighted by atomic mass is 35.5. The zero-order valence-electron chi connectivity index (χ0n) is 19.1. The first kappa shape index (κ1) is 26.2. The summed E-state index contributed by atoms with van der Waals surface area (Å²) in [5, 5.41) is 11.1. The lowest BCUT2D eigenvalue weighted by Crippen LogP contribution is -2.35. The van der Waals surface area contributed by atoms with Gasteiger partial charge in [0.25, 0.3) is 15.7 Å². The number of nitro groups is 1. The molecule has 0 saturated heterocycles. The van der Waals surface area contributed by atoms with E-state index in [2.05, 4.69) is 0 Å². The fourth-order valence-electron chi connectivity index (χ4n) is 3.52. The van der Waals surface area contributed by atoms with Gasteiger partial charge in [-0.3, -0.25) is 19.2 Å². The number of methoxy groups -OCH3 is 1. The Morgan fingerprint density at radius 1 is 1.03 bits per heavy atom. The average Bonchev–Trinajstić information content (AvgIpc) is 2.86. The van der Waals surface area contributed by atoms with E-state index in [-0.39, 0.29) is 27.8 Å². The largest absolute Gasteiger partial charge is 0.497 e. The summed E-state index contributed by atoms with van der Waals surface area (Å²) in [5.74, 6) is 0.251. The Labute approximate surface area is 209 Å². The van der Waals surface area contributed by atoms with Crippen LogP contribution in [0.1, 0.15) is 24.8 Å². The van der Waals surface area contributed by atoms with Crippen LogP contribution in [0.15, 0.2) is 77.7 Å². The first-order chi connectivity index (χ1) is 16.7. The summed E-state index contributed by atoms with van der Waals surface area (Å²) in [5.41, 5.74) is 0.877. The van der Waals surface area contributed by atoms with Crippen LogP contribution in [0.2, 0.25) is 5.02 Å². The SMILES string of the molecule is COc1ccc(N(CC(=O)CCCCc2ccccc2)S(=O)(=O)c2ccc(Cl)c([N+](=O)[O-])c2)cc1. The van der Waals surface area contributed by atoms with Crippen LogP contribution in [-0.2, 0) is 21.2 Å². The highest BCUT2D eigenvalue weighted by Crippen LogP contribution is 2.31. The number of nitro benzene ring substituents is 1. The van der Waals surface area contributed by atoms with Crippen LogP contribution in [0.25, 0.3) is 0 Å². The lowest BCUT2D eigenvalue weighted by atomic mass is 10.1. The molecule has 0 aliphatic rings. The Bertz CT molecular complexity index is 1280. The number of rotatable bonds is 12. The van der Waals surface area contributed by atoms with Gasteiger partial charge >= 0.3 is 0 Å². The number of ketones is 1. The van der Waals surface area contributed by atoms with Crippen molar-refractivity contribution in [1.29, 1.82) is 0 Å². The van der Waals surface area contributed by atoms with Crippen molar-refractivity contribution in [1.82, 2.24) is 0 Å². The predicted octanol–water partition coefficient (Wildman–Crippen LogP) is 5.43. The quantitative estimate of drug-likeness (QED) is 0.180. The molecule has 0 bridgehead atoms. The van der Waals surface area contributed by atoms with Crippen molar-refractivity contribution < 1.29 is 22.9 Å². The maximum atomic E-state index is 13.5. The minimum absolute atomic E-state index is 0.181. The van der Waals surface area contributed by atoms with Gasteiger partial charge in [-0.15, -0.1) is 0 Å². The topological polar surface area (TPSA) is 107 Å². The van der Waals surface area contributed by atoms with Crippen molar-refractivity contribution in [2.45, 2.75) is 30.6 Å². The second-order valence-electron chi connectivity index (χ2n) is 7.81. The summed E-state index contributed by atoms with van der Waals surface area (Å²) >= 11 is 5.85. The molecule has 0 unspecified atom stereocenters. The van der Waals surface area contributed by atoms with Gasteiger partial charge in [-0.05, 0) is 61.2 Å². The minimum atomic E-state index is -4.31. The fourth-order valence-corrected chi connectivity index (χ4v) is 5.17. The van der Waals surface area contributed by atoms with E-state index >= 15 is 0 Å². The summed E-state index contributed by atoms with van der Waals surface area (Å²) in [4.78, 5) is 23.0. The van der Waals surface area contributed by atoms with Crippen molar-refractivity contribution in [2.75, 3.05) is 18.0 Å². The van der Waals surface area contributed by atoms with Crippen LogP contribution < -0.4 is 9.04 Å². The van der Waals surface area contributed by atoms with Crippen molar-refractivity contribution in [2.24, 2.45) is 0 Å². The Balaban J connectivity index is 1.81. The van der Waals surface area contributed by atoms with E-state index in [1.165, 1.54) is 30.9 Å². The molecule has 0 heterocycles. The Morgan fingerprint density at radius 3 is 2.34 bits per heavy atom. The number of carbonyl (C=O) groups excluding carboxylic acids is 1. The summed E-state index contributed by atoms with van der Waals surface area (Å²) in [6.45, 7) is -0.406. The molecule has 0 saturated carbocycles. The van der Waals surface area contributed by atoms with Crippen molar-refractivity contribution in [3.05, 3.63) is 93.5 Å². The second-order valence-corrected chi connectivity index (χ2v) is 10.1. The van der Waals surface area contributed by atoms with Crippen LogP contribution >= 0.6 is 11.6 Å². The normalized spacial score (nSPS) is 11.1. The third kappa shape index (κ3) is 6.80. The molecule has 3 aromatic rings. The van der Waals surface area contributed by atoms with Gasteiger partial charge in [0.15, 0.2) is 5.78 Å². The van der Waals surface area contributed by atoms with Crippen molar-refractivity contribution in [3.8, 4) is 5.75 Å². The molecule has 0 fully saturated rings. The van der Waals surface area contributed by atoms with Crippen molar-refractivity contribution in [3.63, 3.8) is 0 Å². The number of sulfonamides is 1. The van der Waals surface area contributed by atoms with Crippen LogP contribution in [0.4, 0.5) is 11.4 Å². The van der Waals surface area contributed by atoms with Gasteiger partial charge in [0.05, 0.1) is 29.2 Å². The third-order valence-electron chi connectivity index (χ3n) is 5.40. The van der Waals surface area contributed by atoms with Gasteiger partial charge in [-0.1, -0.05) is 41.9 Å². The molecule has 0 aliphatic carbocycles. The Kier molecular flexibility index (Phi) is 8.84. The molecule has 10 heteroatoms. The van der Waals surface area contributed by atoms with E-state index in [1.807, 2.05) is 30.3 Å². The van der Waals surface area contributed by atoms with E-state index in [1.54, 1.807) is 12.1 Å². The molecule has 0 aromatic heterocycles. The summed E-state index contributed by atoms with van der Waals surface area (Å²) in [6, 6.07) is 19.3. The maximum Gasteiger partial charge on any atom is 0.289 e. The average molecular weight is 517 g/mol. The number of anilines is 1.